The predicted octanol–water partition coefficient (Wildman–Crippen LogP) is 3.19. The van der Waals surface area contributed by atoms with Gasteiger partial charge in [-0.15, -0.1) is 0 Å². The van der Waals surface area contributed by atoms with E-state index in [1.807, 2.05) is 26.0 Å². The van der Waals surface area contributed by atoms with Crippen LogP contribution in [0.4, 0.5) is 5.69 Å². The Kier molecular flexibility index (Phi) is 4.91. The van der Waals surface area contributed by atoms with Gasteiger partial charge in [-0.1, -0.05) is 0 Å². The molecule has 0 saturated heterocycles. The summed E-state index contributed by atoms with van der Waals surface area (Å²) in [7, 11) is -3.55. The van der Waals surface area contributed by atoms with Gasteiger partial charge in [-0.2, -0.15) is 15.3 Å². The molecule has 30 heavy (non-hydrogen) atoms. The van der Waals surface area contributed by atoms with Gasteiger partial charge in [-0.3, -0.25) is 9.71 Å². The number of aryl methyl sites for hydroxylation is 2. The highest BCUT2D eigenvalue weighted by atomic mass is 32.2. The van der Waals surface area contributed by atoms with Crippen LogP contribution in [0.1, 0.15) is 41.4 Å². The summed E-state index contributed by atoms with van der Waals surface area (Å²) in [6, 6.07) is 8.64. The molecule has 3 aromatic rings. The predicted molar refractivity (Wildman–Crippen MR) is 110 cm³/mol. The number of nitriles is 1. The molecule has 0 aromatic carbocycles. The summed E-state index contributed by atoms with van der Waals surface area (Å²) < 4.78 is 33.5. The Morgan fingerprint density at radius 2 is 2.00 bits per heavy atom. The molecule has 3 aromatic heterocycles. The number of hydrogen-bond acceptors (Lipinski definition) is 7. The first-order valence-electron chi connectivity index (χ1n) is 9.34. The summed E-state index contributed by atoms with van der Waals surface area (Å²) in [5.74, 6) is 1.48. The number of sulfonamides is 1. The highest BCUT2D eigenvalue weighted by molar-refractivity contribution is 7.92. The van der Waals surface area contributed by atoms with Crippen LogP contribution in [0.5, 0.6) is 11.6 Å². The van der Waals surface area contributed by atoms with Crippen molar-refractivity contribution >= 4 is 15.7 Å². The molecule has 1 aliphatic carbocycles. The van der Waals surface area contributed by atoms with Crippen LogP contribution in [-0.2, 0) is 10.0 Å². The zero-order chi connectivity index (χ0) is 21.5. The third-order valence-electron chi connectivity index (χ3n) is 4.62. The molecular formula is C20H20N6O3S. The number of aromatic nitrogens is 4. The molecule has 0 aliphatic heterocycles. The molecule has 1 fully saturated rings. The van der Waals surface area contributed by atoms with Gasteiger partial charge in [0.15, 0.2) is 17.3 Å². The topological polar surface area (TPSA) is 123 Å². The largest absolute Gasteiger partial charge is 0.435 e. The fourth-order valence-corrected chi connectivity index (χ4v) is 3.67. The minimum atomic E-state index is -3.55. The molecule has 154 valence electrons. The molecule has 0 spiro atoms. The van der Waals surface area contributed by atoms with Crippen LogP contribution in [0, 0.1) is 25.2 Å². The fourth-order valence-electron chi connectivity index (χ4n) is 3.11. The van der Waals surface area contributed by atoms with Gasteiger partial charge in [0.1, 0.15) is 11.8 Å². The van der Waals surface area contributed by atoms with E-state index in [4.69, 9.17) is 10.00 Å². The zero-order valence-corrected chi connectivity index (χ0v) is 17.6. The van der Waals surface area contributed by atoms with Crippen LogP contribution in [0.25, 0.3) is 5.82 Å². The smallest absolute Gasteiger partial charge is 0.246 e. The molecule has 9 nitrogen and oxygen atoms in total. The van der Waals surface area contributed by atoms with Gasteiger partial charge in [-0.05, 0) is 56.5 Å². The number of rotatable bonds is 6. The van der Waals surface area contributed by atoms with Crippen molar-refractivity contribution < 1.29 is 13.2 Å². The lowest BCUT2D eigenvalue weighted by molar-refractivity contribution is 0.453. The quantitative estimate of drug-likeness (QED) is 0.644. The number of nitrogens with zero attached hydrogens (tertiary/aromatic N) is 5. The summed E-state index contributed by atoms with van der Waals surface area (Å²) >= 11 is 0. The van der Waals surface area contributed by atoms with E-state index in [1.54, 1.807) is 24.4 Å². The number of anilines is 1. The van der Waals surface area contributed by atoms with Crippen molar-refractivity contribution in [3.63, 3.8) is 0 Å². The van der Waals surface area contributed by atoms with Crippen LogP contribution in [0.2, 0.25) is 0 Å². The lowest BCUT2D eigenvalue weighted by Gasteiger charge is -2.16. The van der Waals surface area contributed by atoms with Crippen molar-refractivity contribution in [2.75, 3.05) is 11.0 Å². The Morgan fingerprint density at radius 3 is 2.60 bits per heavy atom. The van der Waals surface area contributed by atoms with Gasteiger partial charge in [0.2, 0.25) is 15.9 Å². The van der Waals surface area contributed by atoms with Gasteiger partial charge in [0.25, 0.3) is 0 Å². The van der Waals surface area contributed by atoms with Gasteiger partial charge in [-0.25, -0.2) is 13.1 Å². The van der Waals surface area contributed by atoms with E-state index in [1.165, 1.54) is 4.68 Å². The maximum absolute atomic E-state index is 11.8. The second kappa shape index (κ2) is 7.42. The van der Waals surface area contributed by atoms with Crippen molar-refractivity contribution in [3.05, 3.63) is 53.1 Å². The number of pyridine rings is 2. The molecular weight excluding hydrogens is 404 g/mol. The van der Waals surface area contributed by atoms with E-state index in [0.29, 0.717) is 23.2 Å². The van der Waals surface area contributed by atoms with Crippen LogP contribution < -0.4 is 9.46 Å². The molecule has 0 amide bonds. The second-order valence-electron chi connectivity index (χ2n) is 7.31. The van der Waals surface area contributed by atoms with E-state index in [2.05, 4.69) is 19.8 Å². The molecule has 0 radical (unpaired) electrons. The first-order chi connectivity index (χ1) is 14.2. The second-order valence-corrected chi connectivity index (χ2v) is 9.06. The molecule has 3 heterocycles. The Morgan fingerprint density at radius 1 is 1.23 bits per heavy atom. The van der Waals surface area contributed by atoms with E-state index >= 15 is 0 Å². The lowest BCUT2D eigenvalue weighted by Crippen LogP contribution is -2.12. The lowest BCUT2D eigenvalue weighted by atomic mass is 10.1. The Labute approximate surface area is 174 Å². The summed E-state index contributed by atoms with van der Waals surface area (Å²) in [6.07, 6.45) is 4.94. The third kappa shape index (κ3) is 4.26. The average molecular weight is 424 g/mol. The van der Waals surface area contributed by atoms with E-state index in [9.17, 15) is 8.42 Å². The van der Waals surface area contributed by atoms with Gasteiger partial charge in [0, 0.05) is 17.8 Å². The van der Waals surface area contributed by atoms with Crippen molar-refractivity contribution in [1.82, 2.24) is 19.7 Å². The minimum Gasteiger partial charge on any atom is -0.435 e. The van der Waals surface area contributed by atoms with Crippen molar-refractivity contribution in [2.24, 2.45) is 0 Å². The molecule has 0 atom stereocenters. The number of hydrogen-bond donors (Lipinski definition) is 1. The van der Waals surface area contributed by atoms with Gasteiger partial charge < -0.3 is 4.74 Å². The molecule has 0 bridgehead atoms. The monoisotopic (exact) mass is 424 g/mol. The fraction of sp³-hybridized carbons (Fsp3) is 0.300. The highest BCUT2D eigenvalue weighted by Crippen LogP contribution is 2.41. The van der Waals surface area contributed by atoms with Crippen LogP contribution in [0.15, 0.2) is 30.5 Å². The van der Waals surface area contributed by atoms with Crippen LogP contribution in [-0.4, -0.2) is 34.4 Å². The summed E-state index contributed by atoms with van der Waals surface area (Å²) in [4.78, 5) is 9.08. The van der Waals surface area contributed by atoms with E-state index < -0.39 is 10.0 Å². The molecule has 0 unspecified atom stereocenters. The molecule has 1 aliphatic rings. The number of ether oxygens (including phenoxy) is 1. The number of nitrogens with one attached hydrogen (secondary N) is 1. The molecule has 4 rings (SSSR count). The van der Waals surface area contributed by atoms with Crippen molar-refractivity contribution in [2.45, 2.75) is 32.6 Å². The van der Waals surface area contributed by atoms with Gasteiger partial charge >= 0.3 is 0 Å². The molecule has 10 heteroatoms. The summed E-state index contributed by atoms with van der Waals surface area (Å²) in [5, 5.41) is 13.1. The highest BCUT2D eigenvalue weighted by Gasteiger charge is 2.26. The van der Waals surface area contributed by atoms with Crippen LogP contribution in [0.3, 0.4) is 0 Å². The zero-order valence-electron chi connectivity index (χ0n) is 16.7. The maximum atomic E-state index is 11.8. The first kappa shape index (κ1) is 19.8. The molecule has 1 saturated carbocycles. The first-order valence-corrected chi connectivity index (χ1v) is 11.2. The Balaban J connectivity index is 1.76. The van der Waals surface area contributed by atoms with E-state index in [0.717, 1.165) is 30.4 Å². The standard InChI is InChI=1S/C20H20N6O3S/c1-12-10-17(14-4-5-14)22-13(2)19(12)29-20-16(25-30(3,27)28)6-7-18(23-20)26-9-8-15(11-21)24-26/h6-10,14,25H,4-5H2,1-3H3. The average Bonchev–Trinajstić information content (AvgIpc) is 3.41. The third-order valence-corrected chi connectivity index (χ3v) is 5.21. The van der Waals surface area contributed by atoms with Crippen molar-refractivity contribution in [3.8, 4) is 23.5 Å². The van der Waals surface area contributed by atoms with Gasteiger partial charge in [0.05, 0.1) is 11.9 Å². The summed E-state index contributed by atoms with van der Waals surface area (Å²) in [5.41, 5.74) is 3.09. The van der Waals surface area contributed by atoms with E-state index in [-0.39, 0.29) is 17.3 Å². The Bertz CT molecular complexity index is 1250. The maximum Gasteiger partial charge on any atom is 0.246 e. The minimum absolute atomic E-state index is 0.0686. The SMILES string of the molecule is Cc1cc(C2CC2)nc(C)c1Oc1nc(-n2ccc(C#N)n2)ccc1NS(C)(=O)=O. The Hall–Kier alpha value is -3.45. The normalized spacial score (nSPS) is 13.7. The summed E-state index contributed by atoms with van der Waals surface area (Å²) in [6.45, 7) is 3.78. The molecule has 1 N–H and O–H groups in total. The van der Waals surface area contributed by atoms with Crippen LogP contribution >= 0.6 is 0 Å². The van der Waals surface area contributed by atoms with Crippen molar-refractivity contribution in [1.29, 1.82) is 5.26 Å².